The summed E-state index contributed by atoms with van der Waals surface area (Å²) in [6.07, 6.45) is 1.02. The van der Waals surface area contributed by atoms with Gasteiger partial charge in [-0.25, -0.2) is 0 Å². The second kappa shape index (κ2) is 10.9. The maximum Gasteiger partial charge on any atom is 0.256 e. The quantitative estimate of drug-likeness (QED) is 0.429. The van der Waals surface area contributed by atoms with E-state index in [-0.39, 0.29) is 30.4 Å². The third-order valence-corrected chi connectivity index (χ3v) is 6.86. The molecule has 0 aromatic heterocycles. The number of nitrogens with zero attached hydrogens (tertiary/aromatic N) is 1. The Hall–Kier alpha value is -2.06. The van der Waals surface area contributed by atoms with Crippen molar-refractivity contribution in [3.05, 3.63) is 56.4 Å². The van der Waals surface area contributed by atoms with Crippen molar-refractivity contribution in [1.29, 1.82) is 0 Å². The minimum Gasteiger partial charge on any atom is -0.501 e. The van der Waals surface area contributed by atoms with Crippen LogP contribution in [-0.4, -0.2) is 57.2 Å². The van der Waals surface area contributed by atoms with Gasteiger partial charge in [-0.2, -0.15) is 0 Å². The molecule has 180 valence electrons. The van der Waals surface area contributed by atoms with E-state index in [1.807, 2.05) is 0 Å². The van der Waals surface area contributed by atoms with Crippen LogP contribution in [0, 0.1) is 5.92 Å². The highest BCUT2D eigenvalue weighted by Crippen LogP contribution is 2.42. The SMILES string of the molecule is C=C(C)NC(=O)/C(CN1CCc2c(Cl)cc(C(OC)C3CCOC3)c(Cl)c2C1=O)=C(\C)OC. The van der Waals surface area contributed by atoms with E-state index >= 15 is 0 Å². The highest BCUT2D eigenvalue weighted by Gasteiger charge is 2.35. The average molecular weight is 497 g/mol. The number of nitrogens with one attached hydrogen (secondary N) is 1. The Bertz CT molecular complexity index is 986. The molecule has 7 nitrogen and oxygen atoms in total. The first-order chi connectivity index (χ1) is 15.7. The molecule has 1 N–H and O–H groups in total. The van der Waals surface area contributed by atoms with E-state index in [4.69, 9.17) is 37.4 Å². The molecule has 1 aromatic rings. The van der Waals surface area contributed by atoms with Crippen molar-refractivity contribution in [2.24, 2.45) is 5.92 Å². The summed E-state index contributed by atoms with van der Waals surface area (Å²) in [4.78, 5) is 27.9. The smallest absolute Gasteiger partial charge is 0.256 e. The van der Waals surface area contributed by atoms with Gasteiger partial charge in [0.15, 0.2) is 0 Å². The van der Waals surface area contributed by atoms with Gasteiger partial charge >= 0.3 is 0 Å². The molecule has 1 saturated heterocycles. The van der Waals surface area contributed by atoms with E-state index in [2.05, 4.69) is 11.9 Å². The van der Waals surface area contributed by atoms with Gasteiger partial charge in [-0.05, 0) is 38.3 Å². The lowest BCUT2D eigenvalue weighted by molar-refractivity contribution is -0.117. The van der Waals surface area contributed by atoms with Crippen LogP contribution in [0.2, 0.25) is 10.0 Å². The van der Waals surface area contributed by atoms with Gasteiger partial charge in [0.1, 0.15) is 5.76 Å². The Kier molecular flexibility index (Phi) is 8.45. The monoisotopic (exact) mass is 496 g/mol. The lowest BCUT2D eigenvalue weighted by Gasteiger charge is -2.32. The standard InChI is InChI=1S/C24H30Cl2N2O5/c1-13(2)27-23(29)18(14(3)31-4)11-28-8-6-16-19(25)10-17(21(26)20(16)24(28)30)22(32-5)15-7-9-33-12-15/h10,15,22H,1,6-9,11-12H2,2-5H3,(H,27,29)/b18-14+. The van der Waals surface area contributed by atoms with Crippen molar-refractivity contribution in [3.63, 3.8) is 0 Å². The van der Waals surface area contributed by atoms with E-state index in [1.54, 1.807) is 31.9 Å². The second-order valence-corrected chi connectivity index (χ2v) is 9.13. The van der Waals surface area contributed by atoms with Crippen LogP contribution in [0.4, 0.5) is 0 Å². The molecule has 1 fully saturated rings. The van der Waals surface area contributed by atoms with Gasteiger partial charge in [0.05, 0.1) is 42.5 Å². The number of fused-ring (bicyclic) bond motifs is 1. The van der Waals surface area contributed by atoms with Crippen LogP contribution in [-0.2, 0) is 25.4 Å². The first-order valence-electron chi connectivity index (χ1n) is 10.8. The lowest BCUT2D eigenvalue weighted by Crippen LogP contribution is -2.42. The van der Waals surface area contributed by atoms with Gasteiger partial charge in [0.2, 0.25) is 0 Å². The molecular formula is C24H30Cl2N2O5. The molecule has 2 aliphatic heterocycles. The number of ether oxygens (including phenoxy) is 3. The van der Waals surface area contributed by atoms with Gasteiger partial charge in [-0.1, -0.05) is 29.8 Å². The predicted octanol–water partition coefficient (Wildman–Crippen LogP) is 4.29. The van der Waals surface area contributed by atoms with Crippen molar-refractivity contribution in [2.75, 3.05) is 40.5 Å². The lowest BCUT2D eigenvalue weighted by atomic mass is 9.89. The topological polar surface area (TPSA) is 77.1 Å². The van der Waals surface area contributed by atoms with Crippen molar-refractivity contribution in [3.8, 4) is 0 Å². The fourth-order valence-corrected chi connectivity index (χ4v) is 4.97. The number of amides is 2. The molecule has 1 aromatic carbocycles. The van der Waals surface area contributed by atoms with Crippen molar-refractivity contribution in [1.82, 2.24) is 10.2 Å². The average Bonchev–Trinajstić information content (AvgIpc) is 3.30. The first kappa shape index (κ1) is 25.6. The summed E-state index contributed by atoms with van der Waals surface area (Å²) in [6, 6.07) is 1.80. The number of carbonyl (C=O) groups is 2. The summed E-state index contributed by atoms with van der Waals surface area (Å²) in [6.45, 7) is 8.77. The summed E-state index contributed by atoms with van der Waals surface area (Å²) < 4.78 is 16.6. The summed E-state index contributed by atoms with van der Waals surface area (Å²) in [7, 11) is 3.10. The van der Waals surface area contributed by atoms with Crippen molar-refractivity contribution in [2.45, 2.75) is 32.8 Å². The summed E-state index contributed by atoms with van der Waals surface area (Å²) in [5.41, 5.74) is 2.59. The Morgan fingerprint density at radius 3 is 2.67 bits per heavy atom. The summed E-state index contributed by atoms with van der Waals surface area (Å²) >= 11 is 13.4. The van der Waals surface area contributed by atoms with Crippen molar-refractivity contribution < 1.29 is 23.8 Å². The van der Waals surface area contributed by atoms with E-state index in [9.17, 15) is 9.59 Å². The second-order valence-electron chi connectivity index (χ2n) is 8.35. The number of allylic oxidation sites excluding steroid dienone is 2. The van der Waals surface area contributed by atoms with Gasteiger partial charge in [0, 0.05) is 42.5 Å². The number of hydrogen-bond donors (Lipinski definition) is 1. The third-order valence-electron chi connectivity index (χ3n) is 6.11. The minimum absolute atomic E-state index is 0.0689. The predicted molar refractivity (Wildman–Crippen MR) is 127 cm³/mol. The number of rotatable bonds is 8. The molecule has 9 heteroatoms. The van der Waals surface area contributed by atoms with Crippen LogP contribution in [0.1, 0.15) is 47.9 Å². The highest BCUT2D eigenvalue weighted by atomic mass is 35.5. The zero-order valence-corrected chi connectivity index (χ0v) is 20.9. The van der Waals surface area contributed by atoms with Crippen molar-refractivity contribution >= 4 is 35.0 Å². The number of carbonyl (C=O) groups excluding carboxylic acids is 2. The molecule has 2 heterocycles. The summed E-state index contributed by atoms with van der Waals surface area (Å²) in [5.74, 6) is -0.0990. The molecule has 0 radical (unpaired) electrons. The third kappa shape index (κ3) is 5.38. The highest BCUT2D eigenvalue weighted by molar-refractivity contribution is 6.37. The van der Waals surface area contributed by atoms with Crippen LogP contribution >= 0.6 is 23.2 Å². The molecule has 2 atom stereocenters. The van der Waals surface area contributed by atoms with E-state index in [1.165, 1.54) is 7.11 Å². The molecule has 33 heavy (non-hydrogen) atoms. The molecule has 0 bridgehead atoms. The molecule has 2 unspecified atom stereocenters. The van der Waals surface area contributed by atoms with Crippen LogP contribution in [0.15, 0.2) is 29.7 Å². The summed E-state index contributed by atoms with van der Waals surface area (Å²) in [5, 5.41) is 3.50. The molecule has 0 spiro atoms. The van der Waals surface area contributed by atoms with E-state index < -0.39 is 0 Å². The van der Waals surface area contributed by atoms with Gasteiger partial charge in [0.25, 0.3) is 11.8 Å². The molecule has 3 rings (SSSR count). The van der Waals surface area contributed by atoms with Crippen LogP contribution < -0.4 is 5.32 Å². The fraction of sp³-hybridized carbons (Fsp3) is 0.500. The molecule has 0 aliphatic carbocycles. The molecule has 2 amide bonds. The number of halogens is 2. The minimum atomic E-state index is -0.362. The van der Waals surface area contributed by atoms with Crippen LogP contribution in [0.5, 0.6) is 0 Å². The number of benzene rings is 1. The number of methoxy groups -OCH3 is 2. The maximum atomic E-state index is 13.6. The van der Waals surface area contributed by atoms with Crippen LogP contribution in [0.25, 0.3) is 0 Å². The molecular weight excluding hydrogens is 467 g/mol. The largest absolute Gasteiger partial charge is 0.501 e. The Balaban J connectivity index is 1.96. The van der Waals surface area contributed by atoms with Gasteiger partial charge < -0.3 is 24.4 Å². The van der Waals surface area contributed by atoms with Gasteiger partial charge in [-0.15, -0.1) is 0 Å². The zero-order chi connectivity index (χ0) is 24.3. The Labute approximate surface area is 204 Å². The Morgan fingerprint density at radius 1 is 1.36 bits per heavy atom. The van der Waals surface area contributed by atoms with E-state index in [0.29, 0.717) is 69.9 Å². The number of hydrogen-bond acceptors (Lipinski definition) is 5. The first-order valence-corrected chi connectivity index (χ1v) is 11.6. The van der Waals surface area contributed by atoms with E-state index in [0.717, 1.165) is 6.42 Å². The molecule has 0 saturated carbocycles. The van der Waals surface area contributed by atoms with Crippen LogP contribution in [0.3, 0.4) is 0 Å². The normalized spacial score (nSPS) is 19.6. The van der Waals surface area contributed by atoms with Gasteiger partial charge in [-0.3, -0.25) is 9.59 Å². The molecule has 2 aliphatic rings. The Morgan fingerprint density at radius 2 is 2.09 bits per heavy atom. The fourth-order valence-electron chi connectivity index (χ4n) is 4.31. The zero-order valence-electron chi connectivity index (χ0n) is 19.4. The maximum absolute atomic E-state index is 13.6.